The summed E-state index contributed by atoms with van der Waals surface area (Å²) in [5.74, 6) is 0. The van der Waals surface area contributed by atoms with Crippen molar-refractivity contribution in [1.29, 1.82) is 0 Å². The van der Waals surface area contributed by atoms with Gasteiger partial charge in [-0.1, -0.05) is 0 Å². The summed E-state index contributed by atoms with van der Waals surface area (Å²) in [7, 11) is 0.313. The SMILES string of the molecule is Cc1sc(CO)cc1S(=O)(=O)NCCN(C)C. The Balaban J connectivity index is 2.78. The number of rotatable bonds is 6. The van der Waals surface area contributed by atoms with Crippen LogP contribution in [-0.2, 0) is 16.6 Å². The molecule has 0 amide bonds. The van der Waals surface area contributed by atoms with E-state index in [1.54, 1.807) is 6.92 Å². The van der Waals surface area contributed by atoms with Gasteiger partial charge >= 0.3 is 0 Å². The number of nitrogens with one attached hydrogen (secondary N) is 1. The maximum absolute atomic E-state index is 12.0. The van der Waals surface area contributed by atoms with Gasteiger partial charge in [0.2, 0.25) is 10.0 Å². The molecule has 98 valence electrons. The maximum atomic E-state index is 12.0. The van der Waals surface area contributed by atoms with Crippen LogP contribution < -0.4 is 4.72 Å². The van der Waals surface area contributed by atoms with Crippen LogP contribution in [0.25, 0.3) is 0 Å². The molecule has 0 atom stereocenters. The second-order valence-corrected chi connectivity index (χ2v) is 7.07. The zero-order valence-corrected chi connectivity index (χ0v) is 11.9. The van der Waals surface area contributed by atoms with Gasteiger partial charge in [0.25, 0.3) is 0 Å². The first-order valence-corrected chi connectivity index (χ1v) is 7.51. The molecule has 0 aromatic carbocycles. The van der Waals surface area contributed by atoms with Crippen LogP contribution in [0.2, 0.25) is 0 Å². The van der Waals surface area contributed by atoms with E-state index < -0.39 is 10.0 Å². The largest absolute Gasteiger partial charge is 0.391 e. The quantitative estimate of drug-likeness (QED) is 0.790. The normalized spacial score (nSPS) is 12.3. The van der Waals surface area contributed by atoms with Crippen molar-refractivity contribution >= 4 is 21.4 Å². The van der Waals surface area contributed by atoms with E-state index in [0.717, 1.165) is 0 Å². The lowest BCUT2D eigenvalue weighted by atomic mass is 10.4. The summed E-state index contributed by atoms with van der Waals surface area (Å²) >= 11 is 1.30. The van der Waals surface area contributed by atoms with Crippen LogP contribution in [0.15, 0.2) is 11.0 Å². The Morgan fingerprint density at radius 3 is 2.59 bits per heavy atom. The highest BCUT2D eigenvalue weighted by Gasteiger charge is 2.19. The molecule has 0 radical (unpaired) electrons. The van der Waals surface area contributed by atoms with Gasteiger partial charge in [-0.25, -0.2) is 13.1 Å². The summed E-state index contributed by atoms with van der Waals surface area (Å²) in [6, 6.07) is 1.53. The molecule has 7 heteroatoms. The lowest BCUT2D eigenvalue weighted by Gasteiger charge is -2.10. The standard InChI is InChI=1S/C10H18N2O3S2/c1-8-10(6-9(7-13)16-8)17(14,15)11-4-5-12(2)3/h6,11,13H,4-5,7H2,1-3H3. The van der Waals surface area contributed by atoms with Gasteiger partial charge in [-0.15, -0.1) is 11.3 Å². The average molecular weight is 278 g/mol. The number of hydrogen-bond acceptors (Lipinski definition) is 5. The minimum absolute atomic E-state index is 0.126. The van der Waals surface area contributed by atoms with Gasteiger partial charge < -0.3 is 10.0 Å². The maximum Gasteiger partial charge on any atom is 0.241 e. The lowest BCUT2D eigenvalue weighted by molar-refractivity contribution is 0.285. The molecule has 0 aliphatic heterocycles. The van der Waals surface area contributed by atoms with Crippen LogP contribution in [0.4, 0.5) is 0 Å². The Hall–Kier alpha value is -0.470. The molecule has 1 aromatic heterocycles. The highest BCUT2D eigenvalue weighted by molar-refractivity contribution is 7.89. The summed E-state index contributed by atoms with van der Waals surface area (Å²) in [5, 5.41) is 8.98. The smallest absolute Gasteiger partial charge is 0.241 e. The van der Waals surface area contributed by atoms with Crippen LogP contribution >= 0.6 is 11.3 Å². The summed E-state index contributed by atoms with van der Waals surface area (Å²) < 4.78 is 26.5. The number of likely N-dealkylation sites (N-methyl/N-ethyl adjacent to an activating group) is 1. The van der Waals surface area contributed by atoms with Gasteiger partial charge in [0.1, 0.15) is 0 Å². The summed E-state index contributed by atoms with van der Waals surface area (Å²) in [6.45, 7) is 2.64. The lowest BCUT2D eigenvalue weighted by Crippen LogP contribution is -2.31. The van der Waals surface area contributed by atoms with Crippen molar-refractivity contribution in [3.05, 3.63) is 15.8 Å². The van der Waals surface area contributed by atoms with Crippen molar-refractivity contribution in [2.75, 3.05) is 27.2 Å². The van der Waals surface area contributed by atoms with Crippen molar-refractivity contribution in [1.82, 2.24) is 9.62 Å². The first-order valence-electron chi connectivity index (χ1n) is 5.21. The topological polar surface area (TPSA) is 69.6 Å². The third-order valence-corrected chi connectivity index (χ3v) is 4.97. The molecular weight excluding hydrogens is 260 g/mol. The van der Waals surface area contributed by atoms with Crippen LogP contribution in [-0.4, -0.2) is 45.6 Å². The summed E-state index contributed by atoms with van der Waals surface area (Å²) in [5.41, 5.74) is 0. The molecule has 0 fully saturated rings. The number of nitrogens with zero attached hydrogens (tertiary/aromatic N) is 1. The van der Waals surface area contributed by atoms with Crippen LogP contribution in [0.3, 0.4) is 0 Å². The fourth-order valence-electron chi connectivity index (χ4n) is 1.35. The predicted molar refractivity (Wildman–Crippen MR) is 68.7 cm³/mol. The molecular formula is C10H18N2O3S2. The first kappa shape index (κ1) is 14.6. The van der Waals surface area contributed by atoms with E-state index >= 15 is 0 Å². The number of thiophene rings is 1. The summed E-state index contributed by atoms with van der Waals surface area (Å²) in [4.78, 5) is 3.54. The van der Waals surface area contributed by atoms with Crippen molar-refractivity contribution in [3.8, 4) is 0 Å². The van der Waals surface area contributed by atoms with E-state index in [4.69, 9.17) is 5.11 Å². The first-order chi connectivity index (χ1) is 7.86. The molecule has 0 unspecified atom stereocenters. The van der Waals surface area contributed by atoms with Gasteiger partial charge in [0, 0.05) is 22.8 Å². The number of hydrogen-bond donors (Lipinski definition) is 2. The second kappa shape index (κ2) is 5.92. The van der Waals surface area contributed by atoms with E-state index in [2.05, 4.69) is 4.72 Å². The van der Waals surface area contributed by atoms with Gasteiger partial charge in [-0.05, 0) is 27.1 Å². The number of aryl methyl sites for hydroxylation is 1. The number of sulfonamides is 1. The van der Waals surface area contributed by atoms with E-state index in [-0.39, 0.29) is 11.5 Å². The molecule has 2 N–H and O–H groups in total. The van der Waals surface area contributed by atoms with Crippen molar-refractivity contribution in [3.63, 3.8) is 0 Å². The van der Waals surface area contributed by atoms with E-state index in [9.17, 15) is 8.42 Å². The molecule has 0 saturated heterocycles. The second-order valence-electron chi connectivity index (χ2n) is 3.99. The Morgan fingerprint density at radius 1 is 1.47 bits per heavy atom. The van der Waals surface area contributed by atoms with Crippen molar-refractivity contribution in [2.45, 2.75) is 18.4 Å². The third kappa shape index (κ3) is 4.04. The molecule has 0 aliphatic carbocycles. The van der Waals surface area contributed by atoms with E-state index in [0.29, 0.717) is 22.8 Å². The minimum Gasteiger partial charge on any atom is -0.391 e. The molecule has 0 saturated carbocycles. The van der Waals surface area contributed by atoms with Gasteiger partial charge in [0.15, 0.2) is 0 Å². The fourth-order valence-corrected chi connectivity index (χ4v) is 3.86. The highest BCUT2D eigenvalue weighted by Crippen LogP contribution is 2.25. The van der Waals surface area contributed by atoms with E-state index in [1.807, 2.05) is 19.0 Å². The minimum atomic E-state index is -3.45. The number of aliphatic hydroxyl groups excluding tert-OH is 1. The van der Waals surface area contributed by atoms with Crippen molar-refractivity contribution < 1.29 is 13.5 Å². The van der Waals surface area contributed by atoms with Gasteiger partial charge in [-0.2, -0.15) is 0 Å². The Morgan fingerprint density at radius 2 is 2.12 bits per heavy atom. The van der Waals surface area contributed by atoms with Gasteiger partial charge in [-0.3, -0.25) is 0 Å². The molecule has 0 aliphatic rings. The van der Waals surface area contributed by atoms with Crippen molar-refractivity contribution in [2.24, 2.45) is 0 Å². The Bertz CT molecular complexity index is 466. The van der Waals surface area contributed by atoms with Crippen LogP contribution in [0.1, 0.15) is 9.75 Å². The predicted octanol–water partition coefficient (Wildman–Crippen LogP) is 0.389. The molecule has 1 heterocycles. The fraction of sp³-hybridized carbons (Fsp3) is 0.600. The molecule has 5 nitrogen and oxygen atoms in total. The summed E-state index contributed by atoms with van der Waals surface area (Å²) in [6.07, 6.45) is 0. The zero-order chi connectivity index (χ0) is 13.1. The monoisotopic (exact) mass is 278 g/mol. The molecule has 17 heavy (non-hydrogen) atoms. The molecule has 1 rings (SSSR count). The number of aliphatic hydroxyl groups is 1. The zero-order valence-electron chi connectivity index (χ0n) is 10.2. The van der Waals surface area contributed by atoms with Gasteiger partial charge in [0.05, 0.1) is 11.5 Å². The highest BCUT2D eigenvalue weighted by atomic mass is 32.2. The molecule has 0 spiro atoms. The van der Waals surface area contributed by atoms with E-state index in [1.165, 1.54) is 17.4 Å². The van der Waals surface area contributed by atoms with Crippen LogP contribution in [0.5, 0.6) is 0 Å². The van der Waals surface area contributed by atoms with Crippen LogP contribution in [0, 0.1) is 6.92 Å². The molecule has 1 aromatic rings. The molecule has 0 bridgehead atoms. The third-order valence-electron chi connectivity index (χ3n) is 2.22. The Labute approximate surface area is 106 Å². The average Bonchev–Trinajstić information content (AvgIpc) is 2.59. The Kier molecular flexibility index (Phi) is 5.08.